The molecular formula is C8H5F5INO. The van der Waals surface area contributed by atoms with E-state index in [0.29, 0.717) is 0 Å². The molecule has 0 aromatic carbocycles. The highest BCUT2D eigenvalue weighted by Crippen LogP contribution is 2.33. The van der Waals surface area contributed by atoms with Gasteiger partial charge in [0.1, 0.15) is 9.39 Å². The highest BCUT2D eigenvalue weighted by Gasteiger charge is 2.34. The van der Waals surface area contributed by atoms with E-state index >= 15 is 0 Å². The topological polar surface area (TPSA) is 33.1 Å². The van der Waals surface area contributed by atoms with Crippen LogP contribution in [0.3, 0.4) is 0 Å². The van der Waals surface area contributed by atoms with Crippen molar-refractivity contribution in [2.75, 3.05) is 0 Å². The van der Waals surface area contributed by atoms with E-state index in [1.165, 1.54) is 22.6 Å². The van der Waals surface area contributed by atoms with Gasteiger partial charge in [-0.05, 0) is 28.7 Å². The van der Waals surface area contributed by atoms with Gasteiger partial charge in [0.25, 0.3) is 6.43 Å². The van der Waals surface area contributed by atoms with E-state index in [9.17, 15) is 22.0 Å². The van der Waals surface area contributed by atoms with Crippen LogP contribution in [0.1, 0.15) is 23.2 Å². The van der Waals surface area contributed by atoms with Crippen molar-refractivity contribution in [3.8, 4) is 0 Å². The number of nitrogens with zero attached hydrogens (tertiary/aromatic N) is 1. The van der Waals surface area contributed by atoms with Gasteiger partial charge in [-0.25, -0.2) is 13.8 Å². The Morgan fingerprint density at radius 1 is 1.38 bits per heavy atom. The summed E-state index contributed by atoms with van der Waals surface area (Å²) in [5.41, 5.74) is -2.50. The third kappa shape index (κ3) is 2.78. The maximum Gasteiger partial charge on any atom is 0.433 e. The molecule has 1 aromatic heterocycles. The minimum atomic E-state index is -4.78. The van der Waals surface area contributed by atoms with Crippen LogP contribution < -0.4 is 0 Å². The molecule has 0 unspecified atom stereocenters. The van der Waals surface area contributed by atoms with Gasteiger partial charge in [0.05, 0.1) is 6.61 Å². The molecule has 8 heteroatoms. The average molecular weight is 353 g/mol. The van der Waals surface area contributed by atoms with E-state index < -0.39 is 30.5 Å². The summed E-state index contributed by atoms with van der Waals surface area (Å²) < 4.78 is 61.5. The summed E-state index contributed by atoms with van der Waals surface area (Å²) in [5.74, 6) is 0. The molecule has 0 radical (unpaired) electrons. The minimum Gasteiger partial charge on any atom is -0.392 e. The quantitative estimate of drug-likeness (QED) is 0.504. The summed E-state index contributed by atoms with van der Waals surface area (Å²) in [4.78, 5) is 3.13. The summed E-state index contributed by atoms with van der Waals surface area (Å²) in [6.07, 6.45) is -7.86. The van der Waals surface area contributed by atoms with Gasteiger partial charge in [-0.2, -0.15) is 13.2 Å². The molecule has 0 spiro atoms. The zero-order valence-corrected chi connectivity index (χ0v) is 9.68. The smallest absolute Gasteiger partial charge is 0.392 e. The molecule has 1 heterocycles. The first-order valence-corrected chi connectivity index (χ1v) is 5.00. The summed E-state index contributed by atoms with van der Waals surface area (Å²) >= 11 is 1.38. The van der Waals surface area contributed by atoms with Crippen LogP contribution in [0.5, 0.6) is 0 Å². The first-order chi connectivity index (χ1) is 7.27. The summed E-state index contributed by atoms with van der Waals surface area (Å²) in [6, 6.07) is 0.262. The van der Waals surface area contributed by atoms with E-state index in [0.717, 1.165) is 0 Å². The van der Waals surface area contributed by atoms with Crippen molar-refractivity contribution in [3.63, 3.8) is 0 Å². The Bertz CT molecular complexity index is 393. The first kappa shape index (κ1) is 13.6. The number of aromatic nitrogens is 1. The molecule has 0 fully saturated rings. The number of hydrogen-bond acceptors (Lipinski definition) is 2. The van der Waals surface area contributed by atoms with Crippen molar-refractivity contribution in [2.45, 2.75) is 19.2 Å². The molecule has 1 aromatic rings. The third-order valence-electron chi connectivity index (χ3n) is 1.79. The number of aliphatic hydroxyl groups is 1. The van der Waals surface area contributed by atoms with Crippen molar-refractivity contribution in [1.29, 1.82) is 0 Å². The number of aliphatic hydroxyl groups excluding tert-OH is 1. The molecule has 16 heavy (non-hydrogen) atoms. The van der Waals surface area contributed by atoms with Crippen molar-refractivity contribution < 1.29 is 27.1 Å². The van der Waals surface area contributed by atoms with E-state index in [1.807, 2.05) is 0 Å². The Morgan fingerprint density at radius 2 is 1.94 bits per heavy atom. The number of halogens is 6. The Labute approximate surface area is 101 Å². The molecule has 0 aliphatic rings. The van der Waals surface area contributed by atoms with E-state index in [-0.39, 0.29) is 15.3 Å². The molecule has 0 aliphatic heterocycles. The minimum absolute atomic E-state index is 0.262. The van der Waals surface area contributed by atoms with Crippen LogP contribution in [0.4, 0.5) is 22.0 Å². The van der Waals surface area contributed by atoms with Gasteiger partial charge in [0, 0.05) is 11.1 Å². The highest BCUT2D eigenvalue weighted by atomic mass is 127. The van der Waals surface area contributed by atoms with Gasteiger partial charge in [-0.3, -0.25) is 0 Å². The van der Waals surface area contributed by atoms with Gasteiger partial charge >= 0.3 is 6.18 Å². The second-order valence-corrected chi connectivity index (χ2v) is 3.84. The molecule has 0 saturated heterocycles. The van der Waals surface area contributed by atoms with E-state index in [2.05, 4.69) is 4.98 Å². The predicted octanol–water partition coefficient (Wildman–Crippen LogP) is 3.13. The van der Waals surface area contributed by atoms with Crippen LogP contribution in [0.15, 0.2) is 6.07 Å². The molecule has 0 aliphatic carbocycles. The maximum absolute atomic E-state index is 12.5. The fourth-order valence-corrected chi connectivity index (χ4v) is 1.80. The standard InChI is InChI=1S/C8H5F5INO/c9-6(10)3-1-5(8(11,12)13)15-7(14)4(3)2-16/h1,6,16H,2H2. The van der Waals surface area contributed by atoms with Crippen molar-refractivity contribution in [2.24, 2.45) is 0 Å². The normalized spacial score (nSPS) is 12.2. The predicted molar refractivity (Wildman–Crippen MR) is 52.8 cm³/mol. The monoisotopic (exact) mass is 353 g/mol. The zero-order chi connectivity index (χ0) is 12.5. The Morgan fingerprint density at radius 3 is 2.31 bits per heavy atom. The molecular weight excluding hydrogens is 348 g/mol. The molecule has 1 N–H and O–H groups in total. The second-order valence-electron chi connectivity index (χ2n) is 2.82. The third-order valence-corrected chi connectivity index (χ3v) is 2.68. The van der Waals surface area contributed by atoms with Crippen LogP contribution in [-0.2, 0) is 12.8 Å². The van der Waals surface area contributed by atoms with E-state index in [1.54, 1.807) is 0 Å². The van der Waals surface area contributed by atoms with Crippen LogP contribution in [-0.4, -0.2) is 10.1 Å². The lowest BCUT2D eigenvalue weighted by molar-refractivity contribution is -0.141. The molecule has 2 nitrogen and oxygen atoms in total. The van der Waals surface area contributed by atoms with Gasteiger partial charge in [0.15, 0.2) is 0 Å². The molecule has 0 bridgehead atoms. The molecule has 0 atom stereocenters. The lowest BCUT2D eigenvalue weighted by atomic mass is 10.1. The molecule has 0 amide bonds. The first-order valence-electron chi connectivity index (χ1n) is 3.93. The van der Waals surface area contributed by atoms with Gasteiger partial charge in [0.2, 0.25) is 0 Å². The fraction of sp³-hybridized carbons (Fsp3) is 0.375. The van der Waals surface area contributed by atoms with E-state index in [4.69, 9.17) is 5.11 Å². The maximum atomic E-state index is 12.5. The van der Waals surface area contributed by atoms with Crippen molar-refractivity contribution in [3.05, 3.63) is 26.6 Å². The molecule has 1 rings (SSSR count). The second kappa shape index (κ2) is 4.78. The molecule has 90 valence electrons. The number of rotatable bonds is 2. The summed E-state index contributed by atoms with van der Waals surface area (Å²) in [7, 11) is 0. The van der Waals surface area contributed by atoms with Crippen molar-refractivity contribution in [1.82, 2.24) is 4.98 Å². The number of alkyl halides is 5. The lowest BCUT2D eigenvalue weighted by Gasteiger charge is -2.12. The van der Waals surface area contributed by atoms with Gasteiger partial charge in [-0.1, -0.05) is 0 Å². The van der Waals surface area contributed by atoms with Gasteiger partial charge in [-0.15, -0.1) is 0 Å². The number of pyridine rings is 1. The Kier molecular flexibility index (Phi) is 4.05. The largest absolute Gasteiger partial charge is 0.433 e. The number of hydrogen-bond donors (Lipinski definition) is 1. The van der Waals surface area contributed by atoms with Crippen LogP contribution in [0, 0.1) is 3.70 Å². The average Bonchev–Trinajstić information content (AvgIpc) is 2.14. The van der Waals surface area contributed by atoms with Crippen LogP contribution >= 0.6 is 22.6 Å². The van der Waals surface area contributed by atoms with Crippen LogP contribution in [0.25, 0.3) is 0 Å². The highest BCUT2D eigenvalue weighted by molar-refractivity contribution is 14.1. The zero-order valence-electron chi connectivity index (χ0n) is 7.52. The van der Waals surface area contributed by atoms with Crippen molar-refractivity contribution >= 4 is 22.6 Å². The lowest BCUT2D eigenvalue weighted by Crippen LogP contribution is -2.12. The summed E-state index contributed by atoms with van der Waals surface area (Å²) in [6.45, 7) is -0.775. The van der Waals surface area contributed by atoms with Gasteiger partial charge < -0.3 is 5.11 Å². The Balaban J connectivity index is 3.40. The summed E-state index contributed by atoms with van der Waals surface area (Å²) in [5, 5.41) is 8.78. The SMILES string of the molecule is OCc1c(C(F)F)cc(C(F)(F)F)nc1I. The van der Waals surface area contributed by atoms with Crippen LogP contribution in [0.2, 0.25) is 0 Å². The Hall–Kier alpha value is -0.510. The molecule has 0 saturated carbocycles. The fourth-order valence-electron chi connectivity index (χ4n) is 1.06.